The van der Waals surface area contributed by atoms with Crippen molar-refractivity contribution in [3.8, 4) is 0 Å². The third-order valence-electron chi connectivity index (χ3n) is 3.40. The zero-order chi connectivity index (χ0) is 15.2. The largest absolute Gasteiger partial charge is 0.383 e. The van der Waals surface area contributed by atoms with Gasteiger partial charge in [0.15, 0.2) is 11.5 Å². The van der Waals surface area contributed by atoms with E-state index in [2.05, 4.69) is 41.4 Å². The fourth-order valence-electron chi connectivity index (χ4n) is 2.12. The molecule has 0 aliphatic carbocycles. The van der Waals surface area contributed by atoms with E-state index in [1.165, 1.54) is 0 Å². The van der Waals surface area contributed by atoms with Crippen LogP contribution >= 0.6 is 0 Å². The van der Waals surface area contributed by atoms with Crippen LogP contribution in [0.25, 0.3) is 5.65 Å². The van der Waals surface area contributed by atoms with E-state index in [9.17, 15) is 0 Å². The van der Waals surface area contributed by atoms with Crippen molar-refractivity contribution in [2.24, 2.45) is 5.92 Å². The molecular weight excluding hydrogens is 266 g/mol. The Bertz CT molecular complexity index is 566. The molecule has 2 N–H and O–H groups in total. The van der Waals surface area contributed by atoms with Gasteiger partial charge in [-0.05, 0) is 12.3 Å². The Balaban J connectivity index is 2.29. The van der Waals surface area contributed by atoms with Gasteiger partial charge in [0.1, 0.15) is 5.82 Å². The molecule has 0 spiro atoms. The summed E-state index contributed by atoms with van der Waals surface area (Å²) in [5.74, 6) is 2.08. The average Bonchev–Trinajstić information content (AvgIpc) is 2.93. The maximum absolute atomic E-state index is 5.29. The molecule has 0 saturated carbocycles. The fourth-order valence-corrected chi connectivity index (χ4v) is 2.12. The minimum absolute atomic E-state index is 0.199. The van der Waals surface area contributed by atoms with Crippen LogP contribution in [0.5, 0.6) is 0 Å². The predicted octanol–water partition coefficient (Wildman–Crippen LogP) is 2.63. The van der Waals surface area contributed by atoms with Crippen LogP contribution in [0.3, 0.4) is 0 Å². The molecule has 21 heavy (non-hydrogen) atoms. The molecule has 0 amide bonds. The standard InChI is InChI=1S/C15H25N5O/c1-5-6-16-13-9-20-8-7-17-15(20)14(19-13)18-12(10-21-4)11(2)3/h7-9,11-12,16H,5-6,10H2,1-4H3,(H,18,19). The highest BCUT2D eigenvalue weighted by atomic mass is 16.5. The molecule has 2 aromatic heterocycles. The lowest BCUT2D eigenvalue weighted by Crippen LogP contribution is -2.31. The van der Waals surface area contributed by atoms with Crippen molar-refractivity contribution in [2.75, 3.05) is 30.9 Å². The van der Waals surface area contributed by atoms with Crippen molar-refractivity contribution in [3.05, 3.63) is 18.6 Å². The molecule has 2 rings (SSSR count). The van der Waals surface area contributed by atoms with Gasteiger partial charge in [-0.2, -0.15) is 0 Å². The minimum atomic E-state index is 0.199. The molecule has 2 aromatic rings. The molecular formula is C15H25N5O. The van der Waals surface area contributed by atoms with Crippen molar-refractivity contribution in [1.82, 2.24) is 14.4 Å². The van der Waals surface area contributed by atoms with Crippen molar-refractivity contribution in [2.45, 2.75) is 33.2 Å². The molecule has 0 fully saturated rings. The summed E-state index contributed by atoms with van der Waals surface area (Å²) < 4.78 is 7.28. The van der Waals surface area contributed by atoms with Gasteiger partial charge in [0.25, 0.3) is 0 Å². The third-order valence-corrected chi connectivity index (χ3v) is 3.40. The molecule has 116 valence electrons. The Morgan fingerprint density at radius 1 is 1.38 bits per heavy atom. The number of ether oxygens (including phenoxy) is 1. The summed E-state index contributed by atoms with van der Waals surface area (Å²) in [7, 11) is 1.72. The van der Waals surface area contributed by atoms with Crippen LogP contribution in [-0.2, 0) is 4.74 Å². The SMILES string of the molecule is CCCNc1cn2ccnc2c(NC(COC)C(C)C)n1. The highest BCUT2D eigenvalue weighted by molar-refractivity contribution is 5.65. The van der Waals surface area contributed by atoms with Crippen molar-refractivity contribution >= 4 is 17.3 Å². The number of methoxy groups -OCH3 is 1. The third kappa shape index (κ3) is 3.85. The second-order valence-electron chi connectivity index (χ2n) is 5.51. The van der Waals surface area contributed by atoms with E-state index >= 15 is 0 Å². The van der Waals surface area contributed by atoms with Crippen LogP contribution in [-0.4, -0.2) is 40.7 Å². The summed E-state index contributed by atoms with van der Waals surface area (Å²) >= 11 is 0. The molecule has 0 aromatic carbocycles. The lowest BCUT2D eigenvalue weighted by Gasteiger charge is -2.22. The Labute approximate surface area is 125 Å². The lowest BCUT2D eigenvalue weighted by molar-refractivity contribution is 0.171. The highest BCUT2D eigenvalue weighted by Crippen LogP contribution is 2.19. The summed E-state index contributed by atoms with van der Waals surface area (Å²) in [6, 6.07) is 0.199. The summed E-state index contributed by atoms with van der Waals surface area (Å²) in [6.45, 7) is 8.00. The number of hydrogen-bond acceptors (Lipinski definition) is 5. The monoisotopic (exact) mass is 291 g/mol. The van der Waals surface area contributed by atoms with E-state index in [-0.39, 0.29) is 6.04 Å². The van der Waals surface area contributed by atoms with Crippen LogP contribution in [0.2, 0.25) is 0 Å². The van der Waals surface area contributed by atoms with E-state index in [4.69, 9.17) is 4.74 Å². The first-order valence-corrected chi connectivity index (χ1v) is 7.48. The average molecular weight is 291 g/mol. The van der Waals surface area contributed by atoms with E-state index in [0.717, 1.165) is 30.2 Å². The molecule has 6 heteroatoms. The summed E-state index contributed by atoms with van der Waals surface area (Å²) in [6.07, 6.45) is 6.74. The fraction of sp³-hybridized carbons (Fsp3) is 0.600. The predicted molar refractivity (Wildman–Crippen MR) is 85.9 cm³/mol. The number of hydrogen-bond donors (Lipinski definition) is 2. The molecule has 6 nitrogen and oxygen atoms in total. The zero-order valence-corrected chi connectivity index (χ0v) is 13.3. The van der Waals surface area contributed by atoms with Crippen LogP contribution in [0.15, 0.2) is 18.6 Å². The van der Waals surface area contributed by atoms with Crippen molar-refractivity contribution < 1.29 is 4.74 Å². The smallest absolute Gasteiger partial charge is 0.180 e. The van der Waals surface area contributed by atoms with Gasteiger partial charge in [-0.15, -0.1) is 0 Å². The molecule has 0 radical (unpaired) electrons. The van der Waals surface area contributed by atoms with E-state index < -0.39 is 0 Å². The summed E-state index contributed by atoms with van der Waals surface area (Å²) in [5.41, 5.74) is 0.832. The van der Waals surface area contributed by atoms with Crippen molar-refractivity contribution in [1.29, 1.82) is 0 Å². The van der Waals surface area contributed by atoms with Crippen LogP contribution in [0.4, 0.5) is 11.6 Å². The molecule has 2 heterocycles. The first kappa shape index (κ1) is 15.6. The Morgan fingerprint density at radius 3 is 2.86 bits per heavy atom. The number of anilines is 2. The zero-order valence-electron chi connectivity index (χ0n) is 13.3. The maximum Gasteiger partial charge on any atom is 0.180 e. The first-order valence-electron chi connectivity index (χ1n) is 7.48. The van der Waals surface area contributed by atoms with Gasteiger partial charge in [0, 0.05) is 26.0 Å². The Kier molecular flexibility index (Phi) is 5.38. The van der Waals surface area contributed by atoms with Crippen molar-refractivity contribution in [3.63, 3.8) is 0 Å². The maximum atomic E-state index is 5.29. The first-order chi connectivity index (χ1) is 10.2. The Hall–Kier alpha value is -1.82. The minimum Gasteiger partial charge on any atom is -0.383 e. The van der Waals surface area contributed by atoms with Gasteiger partial charge in [-0.3, -0.25) is 0 Å². The summed E-state index contributed by atoms with van der Waals surface area (Å²) in [5, 5.41) is 6.79. The van der Waals surface area contributed by atoms with E-state index in [0.29, 0.717) is 12.5 Å². The van der Waals surface area contributed by atoms with E-state index in [1.54, 1.807) is 13.3 Å². The van der Waals surface area contributed by atoms with Gasteiger partial charge in [-0.25, -0.2) is 9.97 Å². The van der Waals surface area contributed by atoms with Crippen LogP contribution in [0.1, 0.15) is 27.2 Å². The van der Waals surface area contributed by atoms with Gasteiger partial charge in [0.05, 0.1) is 18.8 Å². The summed E-state index contributed by atoms with van der Waals surface area (Å²) in [4.78, 5) is 9.04. The second-order valence-corrected chi connectivity index (χ2v) is 5.51. The molecule has 0 saturated heterocycles. The second kappa shape index (κ2) is 7.26. The van der Waals surface area contributed by atoms with E-state index in [1.807, 2.05) is 16.8 Å². The number of nitrogens with zero attached hydrogens (tertiary/aromatic N) is 3. The topological polar surface area (TPSA) is 63.5 Å². The quantitative estimate of drug-likeness (QED) is 0.783. The highest BCUT2D eigenvalue weighted by Gasteiger charge is 2.16. The normalized spacial score (nSPS) is 12.8. The number of aromatic nitrogens is 3. The molecule has 0 aliphatic rings. The van der Waals surface area contributed by atoms with Gasteiger partial charge >= 0.3 is 0 Å². The number of fused-ring (bicyclic) bond motifs is 1. The number of imidazole rings is 1. The number of nitrogens with one attached hydrogen (secondary N) is 2. The van der Waals surface area contributed by atoms with Gasteiger partial charge in [-0.1, -0.05) is 20.8 Å². The molecule has 1 unspecified atom stereocenters. The lowest BCUT2D eigenvalue weighted by atomic mass is 10.1. The molecule has 0 aliphatic heterocycles. The van der Waals surface area contributed by atoms with Crippen LogP contribution < -0.4 is 10.6 Å². The van der Waals surface area contributed by atoms with Crippen LogP contribution in [0, 0.1) is 5.92 Å². The molecule has 1 atom stereocenters. The van der Waals surface area contributed by atoms with Gasteiger partial charge in [0.2, 0.25) is 0 Å². The Morgan fingerprint density at radius 2 is 2.19 bits per heavy atom. The van der Waals surface area contributed by atoms with Gasteiger partial charge < -0.3 is 19.8 Å². The molecule has 0 bridgehead atoms. The number of rotatable bonds is 8.